The Balaban J connectivity index is 1.80. The molecule has 1 aliphatic heterocycles. The van der Waals surface area contributed by atoms with Crippen LogP contribution in [0.25, 0.3) is 17.0 Å². The summed E-state index contributed by atoms with van der Waals surface area (Å²) >= 11 is 5.14. The zero-order chi connectivity index (χ0) is 19.1. The molecule has 7 heteroatoms. The Hall–Kier alpha value is -3.32. The normalized spacial score (nSPS) is 16.3. The second-order valence-corrected chi connectivity index (χ2v) is 6.53. The minimum atomic E-state index is -0.559. The molecule has 27 heavy (non-hydrogen) atoms. The van der Waals surface area contributed by atoms with Crippen LogP contribution in [0.4, 0.5) is 10.1 Å². The lowest BCUT2D eigenvalue weighted by Gasteiger charge is -2.28. The lowest BCUT2D eigenvalue weighted by Crippen LogP contribution is -2.54. The van der Waals surface area contributed by atoms with Crippen LogP contribution in [0.5, 0.6) is 0 Å². The van der Waals surface area contributed by atoms with Crippen LogP contribution in [0.1, 0.15) is 5.56 Å². The Bertz CT molecular complexity index is 1130. The lowest BCUT2D eigenvalue weighted by molar-refractivity contribution is -0.122. The first kappa shape index (κ1) is 17.1. The van der Waals surface area contributed by atoms with E-state index in [0.29, 0.717) is 5.69 Å². The lowest BCUT2D eigenvalue weighted by atomic mass is 10.1. The molecule has 0 unspecified atom stereocenters. The number of carbonyl (C=O) groups excluding carboxylic acids is 2. The van der Waals surface area contributed by atoms with E-state index >= 15 is 0 Å². The molecule has 0 spiro atoms. The first-order valence-corrected chi connectivity index (χ1v) is 8.57. The molecular formula is C20H14FN3O2S. The minimum absolute atomic E-state index is 0.0355. The molecule has 4 rings (SSSR count). The molecule has 2 amide bonds. The number of fused-ring (bicyclic) bond motifs is 1. The third kappa shape index (κ3) is 2.92. The Morgan fingerprint density at radius 2 is 1.78 bits per heavy atom. The molecule has 134 valence electrons. The zero-order valence-corrected chi connectivity index (χ0v) is 15.1. The van der Waals surface area contributed by atoms with Gasteiger partial charge in [0.05, 0.1) is 5.69 Å². The fourth-order valence-electron chi connectivity index (χ4n) is 3.13. The number of hydrogen-bond acceptors (Lipinski definition) is 3. The van der Waals surface area contributed by atoms with Crippen LogP contribution < -0.4 is 10.2 Å². The largest absolute Gasteiger partial charge is 0.350 e. The summed E-state index contributed by atoms with van der Waals surface area (Å²) in [5.74, 6) is -1.54. The van der Waals surface area contributed by atoms with Crippen LogP contribution in [-0.2, 0) is 16.6 Å². The van der Waals surface area contributed by atoms with Gasteiger partial charge in [-0.3, -0.25) is 19.8 Å². The summed E-state index contributed by atoms with van der Waals surface area (Å²) in [4.78, 5) is 26.6. The second-order valence-electron chi connectivity index (χ2n) is 6.15. The predicted molar refractivity (Wildman–Crippen MR) is 106 cm³/mol. The van der Waals surface area contributed by atoms with Crippen molar-refractivity contribution in [3.8, 4) is 0 Å². The fraction of sp³-hybridized carbons (Fsp3) is 0.0500. The summed E-state index contributed by atoms with van der Waals surface area (Å²) in [6, 6.07) is 13.0. The van der Waals surface area contributed by atoms with Gasteiger partial charge in [-0.05, 0) is 48.6 Å². The van der Waals surface area contributed by atoms with Gasteiger partial charge in [0.25, 0.3) is 11.8 Å². The number of benzene rings is 2. The van der Waals surface area contributed by atoms with Crippen LogP contribution >= 0.6 is 12.2 Å². The molecule has 2 aromatic carbocycles. The maximum atomic E-state index is 13.2. The highest BCUT2D eigenvalue weighted by Gasteiger charge is 2.34. The van der Waals surface area contributed by atoms with Crippen molar-refractivity contribution in [2.75, 3.05) is 4.90 Å². The van der Waals surface area contributed by atoms with Crippen LogP contribution in [0.2, 0.25) is 0 Å². The molecule has 2 heterocycles. The quantitative estimate of drug-likeness (QED) is 0.423. The summed E-state index contributed by atoms with van der Waals surface area (Å²) in [6.07, 6.45) is 3.41. The van der Waals surface area contributed by atoms with Crippen molar-refractivity contribution < 1.29 is 14.0 Å². The Morgan fingerprint density at radius 1 is 1.07 bits per heavy atom. The standard InChI is InChI=1S/C20H14FN3O2S/c1-23-11-12(15-4-2-3-5-17(15)23)10-16-18(25)22-20(27)24(19(16)26)14-8-6-13(21)7-9-14/h2-11H,1H3,(H,22,25,27)/b16-10+. The molecule has 0 saturated carbocycles. The number of halogens is 1. The van der Waals surface area contributed by atoms with Crippen molar-refractivity contribution in [1.29, 1.82) is 0 Å². The number of rotatable bonds is 2. The number of nitrogens with one attached hydrogen (secondary N) is 1. The van der Waals surface area contributed by atoms with E-state index in [0.717, 1.165) is 16.5 Å². The first-order chi connectivity index (χ1) is 13.0. The zero-order valence-electron chi connectivity index (χ0n) is 14.3. The number of nitrogens with zero attached hydrogens (tertiary/aromatic N) is 2. The highest BCUT2D eigenvalue weighted by molar-refractivity contribution is 7.80. The van der Waals surface area contributed by atoms with Gasteiger partial charge in [0.2, 0.25) is 0 Å². The smallest absolute Gasteiger partial charge is 0.270 e. The van der Waals surface area contributed by atoms with Gasteiger partial charge < -0.3 is 4.57 Å². The predicted octanol–water partition coefficient (Wildman–Crippen LogP) is 3.15. The monoisotopic (exact) mass is 379 g/mol. The maximum Gasteiger partial charge on any atom is 0.270 e. The number of amides is 2. The van der Waals surface area contributed by atoms with Gasteiger partial charge >= 0.3 is 0 Å². The molecule has 0 radical (unpaired) electrons. The van der Waals surface area contributed by atoms with E-state index in [1.807, 2.05) is 42.1 Å². The molecule has 1 saturated heterocycles. The SMILES string of the molecule is Cn1cc(/C=C2\C(=O)NC(=S)N(c3ccc(F)cc3)C2=O)c2ccccc21. The topological polar surface area (TPSA) is 54.3 Å². The highest BCUT2D eigenvalue weighted by Crippen LogP contribution is 2.26. The minimum Gasteiger partial charge on any atom is -0.350 e. The number of carbonyl (C=O) groups is 2. The van der Waals surface area contributed by atoms with Gasteiger partial charge in [-0.25, -0.2) is 4.39 Å². The van der Waals surface area contributed by atoms with Crippen molar-refractivity contribution >= 4 is 51.8 Å². The maximum absolute atomic E-state index is 13.2. The summed E-state index contributed by atoms with van der Waals surface area (Å²) in [6.45, 7) is 0. The average Bonchev–Trinajstić information content (AvgIpc) is 2.96. The van der Waals surface area contributed by atoms with E-state index in [9.17, 15) is 14.0 Å². The first-order valence-electron chi connectivity index (χ1n) is 8.17. The second kappa shape index (κ2) is 6.44. The van der Waals surface area contributed by atoms with Gasteiger partial charge in [-0.15, -0.1) is 0 Å². The molecule has 0 bridgehead atoms. The third-order valence-corrected chi connectivity index (χ3v) is 4.70. The Morgan fingerprint density at radius 3 is 2.52 bits per heavy atom. The van der Waals surface area contributed by atoms with Gasteiger partial charge in [-0.1, -0.05) is 18.2 Å². The number of anilines is 1. The van der Waals surface area contributed by atoms with E-state index in [4.69, 9.17) is 12.2 Å². The molecule has 1 fully saturated rings. The van der Waals surface area contributed by atoms with Crippen molar-refractivity contribution in [1.82, 2.24) is 9.88 Å². The number of hydrogen-bond donors (Lipinski definition) is 1. The number of thiocarbonyl (C=S) groups is 1. The van der Waals surface area contributed by atoms with E-state index in [2.05, 4.69) is 5.32 Å². The van der Waals surface area contributed by atoms with E-state index in [-0.39, 0.29) is 10.7 Å². The van der Waals surface area contributed by atoms with E-state index < -0.39 is 17.6 Å². The van der Waals surface area contributed by atoms with Crippen LogP contribution in [0.15, 0.2) is 60.3 Å². The van der Waals surface area contributed by atoms with Gasteiger partial charge in [-0.2, -0.15) is 0 Å². The average molecular weight is 379 g/mol. The van der Waals surface area contributed by atoms with Crippen LogP contribution in [0, 0.1) is 5.82 Å². The van der Waals surface area contributed by atoms with Gasteiger partial charge in [0, 0.05) is 29.7 Å². The van der Waals surface area contributed by atoms with Gasteiger partial charge in [0.1, 0.15) is 11.4 Å². The molecule has 1 aromatic heterocycles. The van der Waals surface area contributed by atoms with E-state index in [1.165, 1.54) is 29.2 Å². The third-order valence-electron chi connectivity index (χ3n) is 4.41. The van der Waals surface area contributed by atoms with Gasteiger partial charge in [0.15, 0.2) is 5.11 Å². The van der Waals surface area contributed by atoms with Crippen LogP contribution in [0.3, 0.4) is 0 Å². The molecule has 5 nitrogen and oxygen atoms in total. The highest BCUT2D eigenvalue weighted by atomic mass is 32.1. The molecule has 0 aliphatic carbocycles. The van der Waals surface area contributed by atoms with Crippen molar-refractivity contribution in [2.24, 2.45) is 7.05 Å². The summed E-state index contributed by atoms with van der Waals surface area (Å²) in [5, 5.41) is 3.42. The summed E-state index contributed by atoms with van der Waals surface area (Å²) in [7, 11) is 1.90. The molecular weight excluding hydrogens is 365 g/mol. The Labute approximate surface area is 159 Å². The number of aryl methyl sites for hydroxylation is 1. The van der Waals surface area contributed by atoms with Crippen molar-refractivity contribution in [3.63, 3.8) is 0 Å². The molecule has 3 aromatic rings. The molecule has 0 atom stereocenters. The van der Waals surface area contributed by atoms with Crippen LogP contribution in [-0.4, -0.2) is 21.5 Å². The molecule has 1 N–H and O–H groups in total. The van der Waals surface area contributed by atoms with Crippen molar-refractivity contribution in [2.45, 2.75) is 0 Å². The Kier molecular flexibility index (Phi) is 4.08. The fourth-order valence-corrected chi connectivity index (χ4v) is 3.41. The summed E-state index contributed by atoms with van der Waals surface area (Å²) < 4.78 is 15.1. The number of aromatic nitrogens is 1. The number of para-hydroxylation sites is 1. The van der Waals surface area contributed by atoms with Crippen molar-refractivity contribution in [3.05, 3.63) is 71.7 Å². The van der Waals surface area contributed by atoms with E-state index in [1.54, 1.807) is 6.08 Å². The molecule has 1 aliphatic rings. The summed E-state index contributed by atoms with van der Waals surface area (Å²) in [5.41, 5.74) is 2.08.